The number of cyclic esters (lactones) is 1. The molecule has 0 fully saturated rings. The molecular weight excluding hydrogens is 232 g/mol. The highest BCUT2D eigenvalue weighted by Gasteiger charge is 2.18. The fourth-order valence-electron chi connectivity index (χ4n) is 1.72. The summed E-state index contributed by atoms with van der Waals surface area (Å²) in [4.78, 5) is 22.8. The van der Waals surface area contributed by atoms with Crippen molar-refractivity contribution in [3.63, 3.8) is 0 Å². The van der Waals surface area contributed by atoms with Gasteiger partial charge in [-0.05, 0) is 29.7 Å². The second-order valence-corrected chi connectivity index (χ2v) is 4.50. The summed E-state index contributed by atoms with van der Waals surface area (Å²) in [6.07, 6.45) is 0.986. The van der Waals surface area contributed by atoms with Gasteiger partial charge < -0.3 is 9.47 Å². The summed E-state index contributed by atoms with van der Waals surface area (Å²) in [6.45, 7) is 4.07. The molecule has 4 heteroatoms. The number of carbonyl (C=O) groups excluding carboxylic acids is 2. The molecular formula is C14H16O4. The van der Waals surface area contributed by atoms with E-state index in [-0.39, 0.29) is 24.3 Å². The van der Waals surface area contributed by atoms with Crippen LogP contribution in [0, 0.1) is 5.92 Å². The lowest BCUT2D eigenvalue weighted by atomic mass is 10.0. The first kappa shape index (κ1) is 12.6. The maximum atomic E-state index is 11.7. The third-order valence-electron chi connectivity index (χ3n) is 3.13. The Labute approximate surface area is 106 Å². The molecule has 2 rings (SSSR count). The van der Waals surface area contributed by atoms with Crippen molar-refractivity contribution in [3.8, 4) is 5.75 Å². The molecule has 18 heavy (non-hydrogen) atoms. The van der Waals surface area contributed by atoms with E-state index in [4.69, 9.17) is 9.47 Å². The van der Waals surface area contributed by atoms with Crippen LogP contribution in [0.15, 0.2) is 18.2 Å². The molecule has 0 saturated carbocycles. The highest BCUT2D eigenvalue weighted by atomic mass is 16.5. The molecule has 0 N–H and O–H groups in total. The average Bonchev–Trinajstić information content (AvgIpc) is 2.37. The Balaban J connectivity index is 2.13. The van der Waals surface area contributed by atoms with Gasteiger partial charge in [0.1, 0.15) is 12.4 Å². The van der Waals surface area contributed by atoms with Gasteiger partial charge in [-0.2, -0.15) is 0 Å². The van der Waals surface area contributed by atoms with Crippen LogP contribution in [-0.4, -0.2) is 11.9 Å². The van der Waals surface area contributed by atoms with Gasteiger partial charge >= 0.3 is 11.9 Å². The van der Waals surface area contributed by atoms with Gasteiger partial charge in [0.25, 0.3) is 0 Å². The van der Waals surface area contributed by atoms with Crippen LogP contribution in [0.4, 0.5) is 0 Å². The summed E-state index contributed by atoms with van der Waals surface area (Å²) in [6, 6.07) is 5.31. The van der Waals surface area contributed by atoms with Gasteiger partial charge in [-0.1, -0.05) is 19.9 Å². The van der Waals surface area contributed by atoms with E-state index in [9.17, 15) is 9.59 Å². The van der Waals surface area contributed by atoms with Gasteiger partial charge in [-0.3, -0.25) is 9.59 Å². The highest BCUT2D eigenvalue weighted by molar-refractivity contribution is 5.76. The van der Waals surface area contributed by atoms with Gasteiger partial charge in [0.05, 0.1) is 12.3 Å². The molecule has 4 nitrogen and oxygen atoms in total. The first-order chi connectivity index (χ1) is 8.60. The first-order valence-electron chi connectivity index (χ1n) is 6.09. The van der Waals surface area contributed by atoms with Crippen LogP contribution in [-0.2, 0) is 27.4 Å². The summed E-state index contributed by atoms with van der Waals surface area (Å²) >= 11 is 0. The molecule has 0 radical (unpaired) electrons. The standard InChI is InChI=1S/C14H16O4/c1-3-9(2)14(16)18-12-5-4-10-8-17-13(15)7-11(10)6-12/h4-6,9H,3,7-8H2,1-2H3. The monoisotopic (exact) mass is 248 g/mol. The summed E-state index contributed by atoms with van der Waals surface area (Å²) < 4.78 is 10.2. The molecule has 1 aromatic carbocycles. The van der Waals surface area contributed by atoms with Crippen molar-refractivity contribution in [2.24, 2.45) is 5.92 Å². The number of carbonyl (C=O) groups is 2. The quantitative estimate of drug-likeness (QED) is 0.608. The number of rotatable bonds is 3. The fourth-order valence-corrected chi connectivity index (χ4v) is 1.72. The zero-order valence-corrected chi connectivity index (χ0v) is 10.6. The summed E-state index contributed by atoms with van der Waals surface area (Å²) in [5, 5.41) is 0. The highest BCUT2D eigenvalue weighted by Crippen LogP contribution is 2.23. The number of ether oxygens (including phenoxy) is 2. The molecule has 1 aliphatic rings. The molecule has 0 aromatic heterocycles. The third kappa shape index (κ3) is 2.70. The molecule has 0 saturated heterocycles. The van der Waals surface area contributed by atoms with Gasteiger partial charge in [-0.25, -0.2) is 0 Å². The summed E-state index contributed by atoms with van der Waals surface area (Å²) in [7, 11) is 0. The van der Waals surface area contributed by atoms with E-state index in [0.29, 0.717) is 12.4 Å². The Kier molecular flexibility index (Phi) is 3.65. The van der Waals surface area contributed by atoms with E-state index >= 15 is 0 Å². The molecule has 0 bridgehead atoms. The zero-order chi connectivity index (χ0) is 13.1. The minimum Gasteiger partial charge on any atom is -0.461 e. The van der Waals surface area contributed by atoms with Crippen LogP contribution in [0.5, 0.6) is 5.75 Å². The fraction of sp³-hybridized carbons (Fsp3) is 0.429. The lowest BCUT2D eigenvalue weighted by Gasteiger charge is -2.17. The molecule has 1 aliphatic heterocycles. The summed E-state index contributed by atoms with van der Waals surface area (Å²) in [5.74, 6) is -0.108. The van der Waals surface area contributed by atoms with Gasteiger partial charge in [0, 0.05) is 0 Å². The molecule has 0 spiro atoms. The number of hydrogen-bond acceptors (Lipinski definition) is 4. The Morgan fingerprint density at radius 3 is 2.94 bits per heavy atom. The van der Waals surface area contributed by atoms with E-state index in [2.05, 4.69) is 0 Å². The number of benzene rings is 1. The van der Waals surface area contributed by atoms with Crippen molar-refractivity contribution in [1.29, 1.82) is 0 Å². The van der Waals surface area contributed by atoms with Gasteiger partial charge in [0.15, 0.2) is 0 Å². The van der Waals surface area contributed by atoms with E-state index in [1.807, 2.05) is 19.9 Å². The zero-order valence-electron chi connectivity index (χ0n) is 10.6. The third-order valence-corrected chi connectivity index (χ3v) is 3.13. The van der Waals surface area contributed by atoms with E-state index in [1.165, 1.54) is 0 Å². The topological polar surface area (TPSA) is 52.6 Å². The Bertz CT molecular complexity index is 479. The molecule has 1 unspecified atom stereocenters. The Morgan fingerprint density at radius 2 is 2.22 bits per heavy atom. The lowest BCUT2D eigenvalue weighted by molar-refractivity contribution is -0.145. The predicted octanol–water partition coefficient (Wildman–Crippen LogP) is 2.24. The van der Waals surface area contributed by atoms with Crippen LogP contribution in [0.2, 0.25) is 0 Å². The average molecular weight is 248 g/mol. The SMILES string of the molecule is CCC(C)C(=O)Oc1ccc2c(c1)CC(=O)OC2. The van der Waals surface area contributed by atoms with E-state index < -0.39 is 0 Å². The van der Waals surface area contributed by atoms with Gasteiger partial charge in [0.2, 0.25) is 0 Å². The van der Waals surface area contributed by atoms with Crippen molar-refractivity contribution in [3.05, 3.63) is 29.3 Å². The first-order valence-corrected chi connectivity index (χ1v) is 6.09. The van der Waals surface area contributed by atoms with Crippen molar-refractivity contribution in [2.75, 3.05) is 0 Å². The van der Waals surface area contributed by atoms with E-state index in [0.717, 1.165) is 17.5 Å². The maximum absolute atomic E-state index is 11.7. The predicted molar refractivity (Wildman–Crippen MR) is 65.0 cm³/mol. The Hall–Kier alpha value is -1.84. The van der Waals surface area contributed by atoms with Crippen molar-refractivity contribution in [2.45, 2.75) is 33.3 Å². The van der Waals surface area contributed by atoms with Crippen LogP contribution < -0.4 is 4.74 Å². The smallest absolute Gasteiger partial charge is 0.314 e. The van der Waals surface area contributed by atoms with Crippen LogP contribution in [0.1, 0.15) is 31.4 Å². The lowest BCUT2D eigenvalue weighted by Crippen LogP contribution is -2.19. The molecule has 1 atom stereocenters. The number of esters is 2. The summed E-state index contributed by atoms with van der Waals surface area (Å²) in [5.41, 5.74) is 1.85. The normalized spacial score (nSPS) is 15.6. The maximum Gasteiger partial charge on any atom is 0.314 e. The largest absolute Gasteiger partial charge is 0.461 e. The van der Waals surface area contributed by atoms with Crippen LogP contribution in [0.25, 0.3) is 0 Å². The molecule has 0 aliphatic carbocycles. The second-order valence-electron chi connectivity index (χ2n) is 4.50. The molecule has 0 amide bonds. The minimum absolute atomic E-state index is 0.119. The van der Waals surface area contributed by atoms with Crippen molar-refractivity contribution < 1.29 is 19.1 Å². The van der Waals surface area contributed by atoms with Crippen molar-refractivity contribution >= 4 is 11.9 Å². The molecule has 1 heterocycles. The van der Waals surface area contributed by atoms with Crippen molar-refractivity contribution in [1.82, 2.24) is 0 Å². The van der Waals surface area contributed by atoms with Gasteiger partial charge in [-0.15, -0.1) is 0 Å². The van der Waals surface area contributed by atoms with E-state index in [1.54, 1.807) is 12.1 Å². The van der Waals surface area contributed by atoms with Crippen LogP contribution >= 0.6 is 0 Å². The second kappa shape index (κ2) is 5.21. The Morgan fingerprint density at radius 1 is 1.44 bits per heavy atom. The number of fused-ring (bicyclic) bond motifs is 1. The molecule has 1 aromatic rings. The number of hydrogen-bond donors (Lipinski definition) is 0. The minimum atomic E-state index is -0.243. The molecule has 96 valence electrons. The van der Waals surface area contributed by atoms with Crippen LogP contribution in [0.3, 0.4) is 0 Å².